The van der Waals surface area contributed by atoms with Gasteiger partial charge in [-0.2, -0.15) is 0 Å². The van der Waals surface area contributed by atoms with Gasteiger partial charge < -0.3 is 20.3 Å². The summed E-state index contributed by atoms with van der Waals surface area (Å²) in [6.45, 7) is 7.49. The van der Waals surface area contributed by atoms with E-state index < -0.39 is 0 Å². The van der Waals surface area contributed by atoms with Gasteiger partial charge in [-0.05, 0) is 49.3 Å². The number of rotatable bonds is 3. The van der Waals surface area contributed by atoms with Gasteiger partial charge >= 0.3 is 0 Å². The minimum Gasteiger partial charge on any atom is -0.378 e. The van der Waals surface area contributed by atoms with Crippen LogP contribution in [0.2, 0.25) is 0 Å². The number of hydrogen-bond acceptors (Lipinski definition) is 3. The number of benzene rings is 2. The molecule has 0 spiro atoms. The summed E-state index contributed by atoms with van der Waals surface area (Å²) >= 11 is 5.53. The van der Waals surface area contributed by atoms with Gasteiger partial charge in [-0.25, -0.2) is 0 Å². The predicted octanol–water partition coefficient (Wildman–Crippen LogP) is 3.95. The normalized spacial score (nSPS) is 14.3. The summed E-state index contributed by atoms with van der Waals surface area (Å²) in [6.07, 6.45) is 0. The van der Waals surface area contributed by atoms with E-state index >= 15 is 0 Å². The number of aryl methyl sites for hydroxylation is 2. The first kappa shape index (κ1) is 16.7. The Hall–Kier alpha value is -2.11. The molecule has 0 aliphatic carbocycles. The second-order valence-electron chi connectivity index (χ2n) is 5.96. The summed E-state index contributed by atoms with van der Waals surface area (Å²) in [5, 5.41) is 7.29. The van der Waals surface area contributed by atoms with Crippen molar-refractivity contribution >= 4 is 34.4 Å². The lowest BCUT2D eigenvalue weighted by Gasteiger charge is -2.30. The first-order valence-electron chi connectivity index (χ1n) is 8.21. The van der Waals surface area contributed by atoms with Crippen LogP contribution in [-0.2, 0) is 4.74 Å². The molecule has 0 amide bonds. The Morgan fingerprint density at radius 3 is 2.33 bits per heavy atom. The van der Waals surface area contributed by atoms with Crippen LogP contribution >= 0.6 is 12.2 Å². The summed E-state index contributed by atoms with van der Waals surface area (Å²) in [5.74, 6) is 0. The molecule has 126 valence electrons. The quantitative estimate of drug-likeness (QED) is 0.827. The summed E-state index contributed by atoms with van der Waals surface area (Å²) in [6, 6.07) is 14.5. The minimum atomic E-state index is 0.605. The van der Waals surface area contributed by atoms with Crippen molar-refractivity contribution in [3.05, 3.63) is 53.6 Å². The van der Waals surface area contributed by atoms with Crippen molar-refractivity contribution < 1.29 is 4.74 Å². The lowest BCUT2D eigenvalue weighted by atomic mass is 10.1. The fourth-order valence-electron chi connectivity index (χ4n) is 2.94. The molecule has 0 saturated carbocycles. The molecule has 1 saturated heterocycles. The molecule has 1 aliphatic heterocycles. The first-order chi connectivity index (χ1) is 11.6. The largest absolute Gasteiger partial charge is 0.378 e. The van der Waals surface area contributed by atoms with E-state index in [1.165, 1.54) is 11.1 Å². The standard InChI is InChI=1S/C19H23N3OS/c1-14-6-5-7-15(2)18(14)21-19(24)20-16-8-3-4-9-17(16)22-10-12-23-13-11-22/h3-9H,10-13H2,1-2H3,(H2,20,21,24). The molecule has 2 N–H and O–H groups in total. The number of anilines is 3. The molecule has 0 bridgehead atoms. The molecule has 1 heterocycles. The second kappa shape index (κ2) is 7.64. The third kappa shape index (κ3) is 3.86. The fraction of sp³-hybridized carbons (Fsp3) is 0.316. The highest BCUT2D eigenvalue weighted by Crippen LogP contribution is 2.27. The van der Waals surface area contributed by atoms with E-state index in [1.807, 2.05) is 6.07 Å². The van der Waals surface area contributed by atoms with Crippen LogP contribution in [0.1, 0.15) is 11.1 Å². The van der Waals surface area contributed by atoms with Gasteiger partial charge in [0.1, 0.15) is 0 Å². The summed E-state index contributed by atoms with van der Waals surface area (Å²) in [7, 11) is 0. The average molecular weight is 341 g/mol. The number of nitrogens with one attached hydrogen (secondary N) is 2. The molecule has 2 aromatic rings. The minimum absolute atomic E-state index is 0.605. The molecule has 0 atom stereocenters. The maximum Gasteiger partial charge on any atom is 0.175 e. The molecule has 24 heavy (non-hydrogen) atoms. The summed E-state index contributed by atoms with van der Waals surface area (Å²) < 4.78 is 5.45. The van der Waals surface area contributed by atoms with Crippen molar-refractivity contribution in [2.75, 3.05) is 41.8 Å². The summed E-state index contributed by atoms with van der Waals surface area (Å²) in [4.78, 5) is 2.33. The van der Waals surface area contributed by atoms with Crippen LogP contribution in [0.4, 0.5) is 17.1 Å². The van der Waals surface area contributed by atoms with E-state index in [9.17, 15) is 0 Å². The van der Waals surface area contributed by atoms with E-state index in [1.54, 1.807) is 0 Å². The van der Waals surface area contributed by atoms with E-state index in [-0.39, 0.29) is 0 Å². The van der Waals surface area contributed by atoms with Crippen LogP contribution in [0.25, 0.3) is 0 Å². The van der Waals surface area contributed by atoms with Crippen LogP contribution in [0.5, 0.6) is 0 Å². The second-order valence-corrected chi connectivity index (χ2v) is 6.37. The first-order valence-corrected chi connectivity index (χ1v) is 8.62. The zero-order valence-corrected chi connectivity index (χ0v) is 15.0. The molecule has 4 nitrogen and oxygen atoms in total. The Kier molecular flexibility index (Phi) is 5.33. The van der Waals surface area contributed by atoms with Gasteiger partial charge in [0.25, 0.3) is 0 Å². The molecule has 1 aliphatic rings. The highest BCUT2D eigenvalue weighted by atomic mass is 32.1. The highest BCUT2D eigenvalue weighted by Gasteiger charge is 2.15. The van der Waals surface area contributed by atoms with Crippen molar-refractivity contribution in [1.82, 2.24) is 0 Å². The van der Waals surface area contributed by atoms with E-state index in [4.69, 9.17) is 17.0 Å². The number of ether oxygens (including phenoxy) is 1. The third-order valence-electron chi connectivity index (χ3n) is 4.22. The van der Waals surface area contributed by atoms with Crippen LogP contribution < -0.4 is 15.5 Å². The molecule has 1 fully saturated rings. The molecule has 5 heteroatoms. The van der Waals surface area contributed by atoms with Crippen molar-refractivity contribution in [2.45, 2.75) is 13.8 Å². The average Bonchev–Trinajstić information content (AvgIpc) is 2.60. The number of morpholine rings is 1. The number of nitrogens with zero attached hydrogens (tertiary/aromatic N) is 1. The predicted molar refractivity (Wildman–Crippen MR) is 105 cm³/mol. The molecular weight excluding hydrogens is 318 g/mol. The Morgan fingerprint density at radius 1 is 0.958 bits per heavy atom. The number of thiocarbonyl (C=S) groups is 1. The SMILES string of the molecule is Cc1cccc(C)c1NC(=S)Nc1ccccc1N1CCOCC1. The maximum atomic E-state index is 5.53. The number of para-hydroxylation sites is 3. The van der Waals surface area contributed by atoms with Crippen LogP contribution in [0.15, 0.2) is 42.5 Å². The van der Waals surface area contributed by atoms with E-state index in [2.05, 4.69) is 65.8 Å². The highest BCUT2D eigenvalue weighted by molar-refractivity contribution is 7.80. The van der Waals surface area contributed by atoms with Crippen molar-refractivity contribution in [3.8, 4) is 0 Å². The van der Waals surface area contributed by atoms with Gasteiger partial charge in [0.2, 0.25) is 0 Å². The molecular formula is C19H23N3OS. The molecule has 3 rings (SSSR count). The van der Waals surface area contributed by atoms with Gasteiger partial charge in [-0.15, -0.1) is 0 Å². The van der Waals surface area contributed by atoms with Crippen molar-refractivity contribution in [2.24, 2.45) is 0 Å². The molecule has 0 radical (unpaired) electrons. The zero-order valence-electron chi connectivity index (χ0n) is 14.1. The molecule has 0 unspecified atom stereocenters. The summed E-state index contributed by atoms with van der Waals surface area (Å²) in [5.41, 5.74) is 5.61. The van der Waals surface area contributed by atoms with E-state index in [0.29, 0.717) is 5.11 Å². The van der Waals surface area contributed by atoms with Crippen molar-refractivity contribution in [1.29, 1.82) is 0 Å². The zero-order chi connectivity index (χ0) is 16.9. The topological polar surface area (TPSA) is 36.5 Å². The Morgan fingerprint density at radius 2 is 1.62 bits per heavy atom. The maximum absolute atomic E-state index is 5.53. The van der Waals surface area contributed by atoms with Crippen LogP contribution in [0.3, 0.4) is 0 Å². The van der Waals surface area contributed by atoms with Crippen molar-refractivity contribution in [3.63, 3.8) is 0 Å². The molecule has 0 aromatic heterocycles. The Labute approximate surface area is 148 Å². The smallest absolute Gasteiger partial charge is 0.175 e. The fourth-order valence-corrected chi connectivity index (χ4v) is 3.15. The molecule has 2 aromatic carbocycles. The lowest BCUT2D eigenvalue weighted by molar-refractivity contribution is 0.123. The monoisotopic (exact) mass is 341 g/mol. The van der Waals surface area contributed by atoms with Gasteiger partial charge in [-0.1, -0.05) is 30.3 Å². The number of hydrogen-bond donors (Lipinski definition) is 2. The Balaban J connectivity index is 1.75. The van der Waals surface area contributed by atoms with Crippen LogP contribution in [0, 0.1) is 13.8 Å². The van der Waals surface area contributed by atoms with Gasteiger partial charge in [-0.3, -0.25) is 0 Å². The van der Waals surface area contributed by atoms with Gasteiger partial charge in [0, 0.05) is 18.8 Å². The third-order valence-corrected chi connectivity index (χ3v) is 4.43. The van der Waals surface area contributed by atoms with Crippen LogP contribution in [-0.4, -0.2) is 31.4 Å². The van der Waals surface area contributed by atoms with Gasteiger partial charge in [0.05, 0.1) is 24.6 Å². The van der Waals surface area contributed by atoms with Gasteiger partial charge in [0.15, 0.2) is 5.11 Å². The Bertz CT molecular complexity index is 706. The van der Waals surface area contributed by atoms with E-state index in [0.717, 1.165) is 43.4 Å². The lowest BCUT2D eigenvalue weighted by Crippen LogP contribution is -2.37.